The lowest BCUT2D eigenvalue weighted by molar-refractivity contribution is 0.0962. The number of benzene rings is 2. The summed E-state index contributed by atoms with van der Waals surface area (Å²) in [6.45, 7) is 0.900. The van der Waals surface area contributed by atoms with E-state index in [0.29, 0.717) is 41.8 Å². The third-order valence-corrected chi connectivity index (χ3v) is 4.99. The molecule has 0 radical (unpaired) electrons. The van der Waals surface area contributed by atoms with E-state index in [-0.39, 0.29) is 11.6 Å². The van der Waals surface area contributed by atoms with Gasteiger partial charge in [0, 0.05) is 24.9 Å². The fourth-order valence-corrected chi connectivity index (χ4v) is 3.52. The molecule has 0 spiro atoms. The highest BCUT2D eigenvalue weighted by molar-refractivity contribution is 5.95. The molecule has 0 saturated heterocycles. The van der Waals surface area contributed by atoms with Crippen LogP contribution in [0.15, 0.2) is 48.9 Å². The maximum atomic E-state index is 14.3. The van der Waals surface area contributed by atoms with Crippen LogP contribution in [0, 0.1) is 11.6 Å². The van der Waals surface area contributed by atoms with Crippen molar-refractivity contribution >= 4 is 5.91 Å². The number of imidazole rings is 1. The third kappa shape index (κ3) is 3.21. The lowest BCUT2D eigenvalue weighted by Crippen LogP contribution is -2.17. The van der Waals surface area contributed by atoms with Crippen molar-refractivity contribution in [3.05, 3.63) is 66.1 Å². The number of hydrogen-bond donors (Lipinski definition) is 1. The van der Waals surface area contributed by atoms with Crippen molar-refractivity contribution in [1.82, 2.24) is 29.6 Å². The zero-order chi connectivity index (χ0) is 21.5. The molecule has 0 aliphatic carbocycles. The van der Waals surface area contributed by atoms with Gasteiger partial charge in [-0.15, -0.1) is 0 Å². The normalized spacial score (nSPS) is 12.5. The van der Waals surface area contributed by atoms with Gasteiger partial charge in [0.15, 0.2) is 11.6 Å². The van der Waals surface area contributed by atoms with Crippen LogP contribution in [0.25, 0.3) is 28.6 Å². The zero-order valence-electron chi connectivity index (χ0n) is 16.3. The molecule has 4 aromatic rings. The summed E-state index contributed by atoms with van der Waals surface area (Å²) >= 11 is 0. The average molecular weight is 422 g/mol. The Bertz CT molecular complexity index is 1310. The summed E-state index contributed by atoms with van der Waals surface area (Å²) < 4.78 is 36.6. The van der Waals surface area contributed by atoms with Gasteiger partial charge in [-0.05, 0) is 30.3 Å². The van der Waals surface area contributed by atoms with E-state index in [0.717, 1.165) is 17.7 Å². The van der Waals surface area contributed by atoms with Gasteiger partial charge in [-0.1, -0.05) is 0 Å². The SMILES string of the molecule is CNC(=O)c1ccc2c(c1)OCCn1cc(-c3ncnn3-c3ccc(F)cc3F)nc1-2. The number of rotatable bonds is 3. The molecule has 1 aliphatic heterocycles. The minimum absolute atomic E-state index is 0.0658. The molecule has 0 fully saturated rings. The number of nitrogens with zero attached hydrogens (tertiary/aromatic N) is 5. The highest BCUT2D eigenvalue weighted by Crippen LogP contribution is 2.34. The third-order valence-electron chi connectivity index (χ3n) is 4.99. The van der Waals surface area contributed by atoms with Crippen LogP contribution in [0.4, 0.5) is 8.78 Å². The minimum atomic E-state index is -0.756. The number of amides is 1. The first-order valence-electron chi connectivity index (χ1n) is 9.47. The van der Waals surface area contributed by atoms with Gasteiger partial charge in [0.25, 0.3) is 5.91 Å². The van der Waals surface area contributed by atoms with Gasteiger partial charge in [0.05, 0.1) is 12.1 Å². The molecule has 0 bridgehead atoms. The summed E-state index contributed by atoms with van der Waals surface area (Å²) in [6, 6.07) is 8.40. The van der Waals surface area contributed by atoms with Gasteiger partial charge in [-0.2, -0.15) is 5.10 Å². The number of carbonyl (C=O) groups is 1. The van der Waals surface area contributed by atoms with Crippen molar-refractivity contribution in [3.8, 4) is 34.3 Å². The van der Waals surface area contributed by atoms with Gasteiger partial charge < -0.3 is 14.6 Å². The van der Waals surface area contributed by atoms with Crippen LogP contribution >= 0.6 is 0 Å². The van der Waals surface area contributed by atoms with Crippen LogP contribution in [0.5, 0.6) is 5.75 Å². The molecular formula is C21H16F2N6O2. The maximum Gasteiger partial charge on any atom is 0.251 e. The second-order valence-corrected chi connectivity index (χ2v) is 6.87. The van der Waals surface area contributed by atoms with Gasteiger partial charge in [0.2, 0.25) is 0 Å². The fraction of sp³-hybridized carbons (Fsp3) is 0.143. The fourth-order valence-electron chi connectivity index (χ4n) is 3.52. The van der Waals surface area contributed by atoms with Crippen molar-refractivity contribution in [1.29, 1.82) is 0 Å². The summed E-state index contributed by atoms with van der Waals surface area (Å²) in [4.78, 5) is 20.9. The first-order valence-corrected chi connectivity index (χ1v) is 9.47. The van der Waals surface area contributed by atoms with Gasteiger partial charge >= 0.3 is 0 Å². The Kier molecular flexibility index (Phi) is 4.46. The average Bonchev–Trinajstić information content (AvgIpc) is 3.37. The summed E-state index contributed by atoms with van der Waals surface area (Å²) in [6.07, 6.45) is 3.07. The van der Waals surface area contributed by atoms with E-state index in [4.69, 9.17) is 4.74 Å². The Morgan fingerprint density at radius 3 is 2.84 bits per heavy atom. The van der Waals surface area contributed by atoms with Crippen LogP contribution in [0.1, 0.15) is 10.4 Å². The molecular weight excluding hydrogens is 406 g/mol. The van der Waals surface area contributed by atoms with E-state index in [1.807, 2.05) is 4.57 Å². The highest BCUT2D eigenvalue weighted by atomic mass is 19.1. The standard InChI is InChI=1S/C21H16F2N6O2/c1-24-21(30)12-2-4-14-18(8-12)31-7-6-28-10-16(27-19(14)28)20-25-11-26-29(20)17-5-3-13(22)9-15(17)23/h2-5,8-11H,6-7H2,1H3,(H,24,30). The topological polar surface area (TPSA) is 86.9 Å². The number of ether oxygens (including phenoxy) is 1. The molecule has 0 atom stereocenters. The Balaban J connectivity index is 1.60. The molecule has 31 heavy (non-hydrogen) atoms. The van der Waals surface area contributed by atoms with Crippen molar-refractivity contribution in [2.24, 2.45) is 0 Å². The van der Waals surface area contributed by atoms with E-state index in [1.54, 1.807) is 31.4 Å². The van der Waals surface area contributed by atoms with Crippen molar-refractivity contribution < 1.29 is 18.3 Å². The number of hydrogen-bond acceptors (Lipinski definition) is 5. The first kappa shape index (κ1) is 18.9. The molecule has 10 heteroatoms. The molecule has 2 aromatic heterocycles. The van der Waals surface area contributed by atoms with E-state index < -0.39 is 11.6 Å². The summed E-state index contributed by atoms with van der Waals surface area (Å²) in [7, 11) is 1.56. The molecule has 0 unspecified atom stereocenters. The molecule has 8 nitrogen and oxygen atoms in total. The Hall–Kier alpha value is -4.08. The van der Waals surface area contributed by atoms with Crippen molar-refractivity contribution in [3.63, 3.8) is 0 Å². The Morgan fingerprint density at radius 2 is 2.03 bits per heavy atom. The van der Waals surface area contributed by atoms with Gasteiger partial charge in [-0.25, -0.2) is 23.4 Å². The highest BCUT2D eigenvalue weighted by Gasteiger charge is 2.23. The van der Waals surface area contributed by atoms with E-state index in [9.17, 15) is 13.6 Å². The summed E-state index contributed by atoms with van der Waals surface area (Å²) in [5, 5.41) is 6.68. The van der Waals surface area contributed by atoms with Crippen LogP contribution in [0.2, 0.25) is 0 Å². The molecule has 3 heterocycles. The van der Waals surface area contributed by atoms with E-state index in [1.165, 1.54) is 17.1 Å². The predicted molar refractivity (Wildman–Crippen MR) is 107 cm³/mol. The molecule has 5 rings (SSSR count). The lowest BCUT2D eigenvalue weighted by atomic mass is 10.1. The molecule has 0 saturated carbocycles. The lowest BCUT2D eigenvalue weighted by Gasteiger charge is -2.08. The quantitative estimate of drug-likeness (QED) is 0.549. The minimum Gasteiger partial charge on any atom is -0.491 e. The summed E-state index contributed by atoms with van der Waals surface area (Å²) in [5.41, 5.74) is 1.74. The van der Waals surface area contributed by atoms with E-state index >= 15 is 0 Å². The molecule has 156 valence electrons. The molecule has 1 amide bonds. The largest absolute Gasteiger partial charge is 0.491 e. The van der Waals surface area contributed by atoms with Crippen LogP contribution in [0.3, 0.4) is 0 Å². The van der Waals surface area contributed by atoms with Crippen LogP contribution in [-0.4, -0.2) is 43.9 Å². The number of carbonyl (C=O) groups excluding carboxylic acids is 1. The van der Waals surface area contributed by atoms with Gasteiger partial charge in [-0.3, -0.25) is 4.79 Å². The second-order valence-electron chi connectivity index (χ2n) is 6.87. The number of nitrogens with one attached hydrogen (secondary N) is 1. The van der Waals surface area contributed by atoms with Crippen LogP contribution in [-0.2, 0) is 6.54 Å². The molecule has 1 N–H and O–H groups in total. The second kappa shape index (κ2) is 7.31. The van der Waals surface area contributed by atoms with Crippen molar-refractivity contribution in [2.45, 2.75) is 6.54 Å². The maximum absolute atomic E-state index is 14.3. The Labute approximate surface area is 175 Å². The Morgan fingerprint density at radius 1 is 1.16 bits per heavy atom. The molecule has 1 aliphatic rings. The monoisotopic (exact) mass is 422 g/mol. The van der Waals surface area contributed by atoms with Gasteiger partial charge in [0.1, 0.15) is 41.7 Å². The zero-order valence-corrected chi connectivity index (χ0v) is 16.3. The smallest absolute Gasteiger partial charge is 0.251 e. The molecule has 2 aromatic carbocycles. The van der Waals surface area contributed by atoms with Crippen molar-refractivity contribution in [2.75, 3.05) is 13.7 Å². The predicted octanol–water partition coefficient (Wildman–Crippen LogP) is 2.83. The summed E-state index contributed by atoms with van der Waals surface area (Å²) in [5.74, 6) is -0.162. The van der Waals surface area contributed by atoms with Crippen LogP contribution < -0.4 is 10.1 Å². The first-order chi connectivity index (χ1) is 15.0. The number of aromatic nitrogens is 5. The number of halogens is 2. The number of fused-ring (bicyclic) bond motifs is 3. The van der Waals surface area contributed by atoms with E-state index in [2.05, 4.69) is 20.4 Å².